The Hall–Kier alpha value is 1.65. The molecule has 0 rings (SSSR count). The zero-order valence-corrected chi connectivity index (χ0v) is 6.74. The topological polar surface area (TPSA) is 84.2 Å². The van der Waals surface area contributed by atoms with Gasteiger partial charge in [-0.2, -0.15) is 0 Å². The van der Waals surface area contributed by atoms with Crippen molar-refractivity contribution >= 4 is 60.4 Å². The molecule has 0 heterocycles. The molecule has 0 atom stereocenters. The monoisotopic (exact) mass is 195 g/mol. The van der Waals surface area contributed by atoms with Crippen LogP contribution in [0.2, 0.25) is 0 Å². The van der Waals surface area contributed by atoms with Gasteiger partial charge in [-0.15, -0.1) is 0 Å². The van der Waals surface area contributed by atoms with Crippen molar-refractivity contribution in [2.45, 2.75) is 0 Å². The van der Waals surface area contributed by atoms with Crippen molar-refractivity contribution < 1.29 is 19.2 Å². The third kappa shape index (κ3) is 264. The van der Waals surface area contributed by atoms with Crippen LogP contribution in [0.15, 0.2) is 0 Å². The first kappa shape index (κ1) is 17.7. The Morgan fingerprint density at radius 2 is 0.900 bits per heavy atom. The Balaban J connectivity index is -0.0000000910. The van der Waals surface area contributed by atoms with Crippen LogP contribution in [0.1, 0.15) is 0 Å². The average molecular weight is 195 g/mol. The standard InChI is InChI=1S/C3H9N.K.H4O4Si.H/c1-4(2)3;;1-5(2,3)4;/h1-3H3;;1-4H;. The first-order valence-corrected chi connectivity index (χ1v) is 4.02. The number of rotatable bonds is 0. The normalized spacial score (nSPS) is 9.60. The Bertz CT molecular complexity index is 57.3. The van der Waals surface area contributed by atoms with Gasteiger partial charge in [0.05, 0.1) is 0 Å². The molecule has 7 heteroatoms. The summed E-state index contributed by atoms with van der Waals surface area (Å²) in [7, 11) is 1.39. The second-order valence-electron chi connectivity index (χ2n) is 1.94. The molecule has 0 aliphatic heterocycles. The molecule has 0 saturated carbocycles. The van der Waals surface area contributed by atoms with E-state index in [1.165, 1.54) is 0 Å². The molecule has 0 radical (unpaired) electrons. The third-order valence-electron chi connectivity index (χ3n) is 0. The van der Waals surface area contributed by atoms with Crippen LogP contribution in [0.5, 0.6) is 0 Å². The second kappa shape index (κ2) is 8.75. The van der Waals surface area contributed by atoms with Gasteiger partial charge in [0.2, 0.25) is 0 Å². The van der Waals surface area contributed by atoms with Gasteiger partial charge >= 0.3 is 60.4 Å². The summed E-state index contributed by atoms with van der Waals surface area (Å²) in [5, 5.41) is 0. The SMILES string of the molecule is CN(C)C.O[Si](O)(O)O.[KH]. The molecule has 60 valence electrons. The van der Waals surface area contributed by atoms with Gasteiger partial charge in [-0.3, -0.25) is 0 Å². The summed E-state index contributed by atoms with van der Waals surface area (Å²) < 4.78 is 0. The predicted molar refractivity (Wildman–Crippen MR) is 41.4 cm³/mol. The Morgan fingerprint density at radius 1 is 0.900 bits per heavy atom. The molecule has 0 amide bonds. The zero-order chi connectivity index (χ0) is 8.08. The average Bonchev–Trinajstić information content (AvgIpc) is 1.19. The molecule has 0 aromatic carbocycles. The van der Waals surface area contributed by atoms with E-state index in [0.29, 0.717) is 0 Å². The first-order chi connectivity index (χ1) is 3.73. The summed E-state index contributed by atoms with van der Waals surface area (Å²) in [6, 6.07) is 0. The van der Waals surface area contributed by atoms with Gasteiger partial charge < -0.3 is 24.1 Å². The van der Waals surface area contributed by atoms with Crippen molar-refractivity contribution in [1.29, 1.82) is 0 Å². The van der Waals surface area contributed by atoms with Crippen molar-refractivity contribution in [2.24, 2.45) is 0 Å². The summed E-state index contributed by atoms with van der Waals surface area (Å²) in [4.78, 5) is 31.3. The van der Waals surface area contributed by atoms with Crippen LogP contribution in [-0.2, 0) is 0 Å². The second-order valence-corrected chi connectivity index (χ2v) is 3.14. The Labute approximate surface area is 104 Å². The molecule has 4 N–H and O–H groups in total. The molecular formula is C3H14KNO4Si. The molecule has 0 aliphatic rings. The van der Waals surface area contributed by atoms with Gasteiger partial charge in [-0.25, -0.2) is 0 Å². The summed E-state index contributed by atoms with van der Waals surface area (Å²) in [6.45, 7) is 0. The summed E-state index contributed by atoms with van der Waals surface area (Å²) in [5.41, 5.74) is 0. The minimum atomic E-state index is -4.61. The van der Waals surface area contributed by atoms with Crippen LogP contribution in [0.3, 0.4) is 0 Å². The maximum atomic E-state index is 7.33. The van der Waals surface area contributed by atoms with Gasteiger partial charge in [0.25, 0.3) is 0 Å². The molecule has 0 aromatic rings. The zero-order valence-electron chi connectivity index (χ0n) is 5.74. The minimum absolute atomic E-state index is 0. The van der Waals surface area contributed by atoms with E-state index < -0.39 is 9.05 Å². The van der Waals surface area contributed by atoms with E-state index >= 15 is 0 Å². The van der Waals surface area contributed by atoms with Crippen LogP contribution >= 0.6 is 0 Å². The van der Waals surface area contributed by atoms with Crippen molar-refractivity contribution in [2.75, 3.05) is 21.1 Å². The molecule has 0 fully saturated rings. The summed E-state index contributed by atoms with van der Waals surface area (Å²) >= 11 is 0. The van der Waals surface area contributed by atoms with E-state index in [1.54, 1.807) is 0 Å². The fourth-order valence-corrected chi connectivity index (χ4v) is 0. The predicted octanol–water partition coefficient (Wildman–Crippen LogP) is -3.08. The third-order valence-corrected chi connectivity index (χ3v) is 0. The van der Waals surface area contributed by atoms with E-state index in [2.05, 4.69) is 0 Å². The van der Waals surface area contributed by atoms with E-state index in [1.807, 2.05) is 26.0 Å². The molecule has 0 unspecified atom stereocenters. The van der Waals surface area contributed by atoms with Crippen LogP contribution in [0.4, 0.5) is 0 Å². The van der Waals surface area contributed by atoms with Gasteiger partial charge in [0.15, 0.2) is 0 Å². The quantitative estimate of drug-likeness (QED) is 0.308. The Morgan fingerprint density at radius 3 is 0.900 bits per heavy atom. The molecule has 5 nitrogen and oxygen atoms in total. The molecule has 0 aliphatic carbocycles. The number of hydrogen-bond acceptors (Lipinski definition) is 5. The molecular weight excluding hydrogens is 181 g/mol. The summed E-state index contributed by atoms with van der Waals surface area (Å²) in [5.74, 6) is 0. The number of hydrogen-bond donors (Lipinski definition) is 4. The van der Waals surface area contributed by atoms with Gasteiger partial charge in [0, 0.05) is 0 Å². The fourth-order valence-electron chi connectivity index (χ4n) is 0. The van der Waals surface area contributed by atoms with E-state index in [4.69, 9.17) is 19.2 Å². The molecule has 0 spiro atoms. The van der Waals surface area contributed by atoms with E-state index in [9.17, 15) is 0 Å². The van der Waals surface area contributed by atoms with Crippen molar-refractivity contribution in [1.82, 2.24) is 4.90 Å². The van der Waals surface area contributed by atoms with Crippen molar-refractivity contribution in [3.8, 4) is 0 Å². The van der Waals surface area contributed by atoms with E-state index in [0.717, 1.165) is 0 Å². The van der Waals surface area contributed by atoms with Gasteiger partial charge in [0.1, 0.15) is 0 Å². The summed E-state index contributed by atoms with van der Waals surface area (Å²) in [6.07, 6.45) is 0. The van der Waals surface area contributed by atoms with Crippen molar-refractivity contribution in [3.63, 3.8) is 0 Å². The van der Waals surface area contributed by atoms with E-state index in [-0.39, 0.29) is 51.4 Å². The van der Waals surface area contributed by atoms with Gasteiger partial charge in [-0.1, -0.05) is 0 Å². The molecule has 0 bridgehead atoms. The van der Waals surface area contributed by atoms with Crippen LogP contribution in [0, 0.1) is 0 Å². The van der Waals surface area contributed by atoms with Gasteiger partial charge in [-0.05, 0) is 21.1 Å². The fraction of sp³-hybridized carbons (Fsp3) is 1.00. The maximum absolute atomic E-state index is 7.33. The Kier molecular flexibility index (Phi) is 15.4. The number of nitrogens with zero attached hydrogens (tertiary/aromatic N) is 1. The van der Waals surface area contributed by atoms with Crippen LogP contribution in [-0.4, -0.2) is 106 Å². The molecule has 10 heavy (non-hydrogen) atoms. The van der Waals surface area contributed by atoms with Crippen LogP contribution in [0.25, 0.3) is 0 Å². The van der Waals surface area contributed by atoms with Crippen molar-refractivity contribution in [3.05, 3.63) is 0 Å². The molecule has 0 saturated heterocycles. The van der Waals surface area contributed by atoms with Crippen LogP contribution < -0.4 is 0 Å². The molecule has 0 aromatic heterocycles. The first-order valence-electron chi connectivity index (χ1n) is 2.24.